The zero-order valence-corrected chi connectivity index (χ0v) is 10.0. The van der Waals surface area contributed by atoms with Crippen LogP contribution in [-0.2, 0) is 0 Å². The molecule has 0 saturated heterocycles. The van der Waals surface area contributed by atoms with Gasteiger partial charge in [0.05, 0.1) is 0 Å². The number of amides is 1. The number of benzene rings is 2. The van der Waals surface area contributed by atoms with Crippen LogP contribution >= 0.6 is 11.9 Å². The standard InChI is InChI=1S/C13H9F2NOS/c14-11-7-6-10(8-12(11)15)18-16-13(17)9-4-2-1-3-5-9/h1-8H,(H,16,17). The maximum absolute atomic E-state index is 12.9. The van der Waals surface area contributed by atoms with Crippen LogP contribution in [-0.4, -0.2) is 5.91 Å². The van der Waals surface area contributed by atoms with Crippen molar-refractivity contribution in [3.05, 3.63) is 65.7 Å². The first-order valence-corrected chi connectivity index (χ1v) is 5.96. The first-order chi connectivity index (χ1) is 8.66. The minimum atomic E-state index is -0.936. The fraction of sp³-hybridized carbons (Fsp3) is 0. The summed E-state index contributed by atoms with van der Waals surface area (Å²) in [6, 6.07) is 12.1. The van der Waals surface area contributed by atoms with Crippen LogP contribution in [0.25, 0.3) is 0 Å². The third-order valence-electron chi connectivity index (χ3n) is 2.19. The Labute approximate surface area is 107 Å². The summed E-state index contributed by atoms with van der Waals surface area (Å²) >= 11 is 0.940. The molecule has 92 valence electrons. The molecule has 0 aromatic heterocycles. The van der Waals surface area contributed by atoms with Crippen molar-refractivity contribution in [2.75, 3.05) is 0 Å². The van der Waals surface area contributed by atoms with E-state index in [1.807, 2.05) is 0 Å². The van der Waals surface area contributed by atoms with Gasteiger partial charge in [-0.3, -0.25) is 9.52 Å². The van der Waals surface area contributed by atoms with Gasteiger partial charge in [-0.15, -0.1) is 0 Å². The molecule has 0 aliphatic heterocycles. The van der Waals surface area contributed by atoms with Crippen LogP contribution in [0.2, 0.25) is 0 Å². The molecule has 5 heteroatoms. The average Bonchev–Trinajstić information content (AvgIpc) is 2.41. The first-order valence-electron chi connectivity index (χ1n) is 5.14. The van der Waals surface area contributed by atoms with E-state index in [9.17, 15) is 13.6 Å². The Balaban J connectivity index is 1.99. The smallest absolute Gasteiger partial charge is 0.261 e. The van der Waals surface area contributed by atoms with Crippen LogP contribution in [0, 0.1) is 11.6 Å². The molecule has 0 heterocycles. The average molecular weight is 265 g/mol. The minimum absolute atomic E-state index is 0.287. The summed E-state index contributed by atoms with van der Waals surface area (Å²) in [4.78, 5) is 12.1. The summed E-state index contributed by atoms with van der Waals surface area (Å²) in [6.07, 6.45) is 0. The fourth-order valence-electron chi connectivity index (χ4n) is 1.29. The minimum Gasteiger partial charge on any atom is -0.292 e. The van der Waals surface area contributed by atoms with Crippen LogP contribution in [0.5, 0.6) is 0 Å². The van der Waals surface area contributed by atoms with Gasteiger partial charge in [0.2, 0.25) is 0 Å². The van der Waals surface area contributed by atoms with Crippen molar-refractivity contribution in [1.29, 1.82) is 0 Å². The number of halogens is 2. The summed E-state index contributed by atoms with van der Waals surface area (Å²) in [6.45, 7) is 0. The maximum Gasteiger partial charge on any atom is 0.261 e. The Bertz CT molecular complexity index is 560. The number of carbonyl (C=O) groups excluding carboxylic acids is 1. The lowest BCUT2D eigenvalue weighted by Crippen LogP contribution is -2.15. The quantitative estimate of drug-likeness (QED) is 0.862. The molecule has 0 spiro atoms. The van der Waals surface area contributed by atoms with Crippen LogP contribution < -0.4 is 4.72 Å². The van der Waals surface area contributed by atoms with Crippen LogP contribution in [0.1, 0.15) is 10.4 Å². The molecule has 0 bridgehead atoms. The summed E-state index contributed by atoms with van der Waals surface area (Å²) in [5, 5.41) is 0. The van der Waals surface area contributed by atoms with Gasteiger partial charge in [-0.1, -0.05) is 18.2 Å². The highest BCUT2D eigenvalue weighted by Gasteiger charge is 2.07. The van der Waals surface area contributed by atoms with Gasteiger partial charge in [0, 0.05) is 10.5 Å². The zero-order chi connectivity index (χ0) is 13.0. The molecular formula is C13H9F2NOS. The Hall–Kier alpha value is -1.88. The second-order valence-electron chi connectivity index (χ2n) is 3.48. The predicted molar refractivity (Wildman–Crippen MR) is 66.1 cm³/mol. The topological polar surface area (TPSA) is 29.1 Å². The molecule has 18 heavy (non-hydrogen) atoms. The third kappa shape index (κ3) is 3.07. The number of hydrogen-bond acceptors (Lipinski definition) is 2. The van der Waals surface area contributed by atoms with E-state index in [1.165, 1.54) is 6.07 Å². The molecule has 0 saturated carbocycles. The summed E-state index contributed by atoms with van der Waals surface area (Å²) in [5.74, 6) is -2.13. The van der Waals surface area contributed by atoms with Gasteiger partial charge in [0.25, 0.3) is 5.91 Å². The highest BCUT2D eigenvalue weighted by Crippen LogP contribution is 2.18. The molecule has 2 rings (SSSR count). The van der Waals surface area contributed by atoms with Crippen molar-refractivity contribution in [3.8, 4) is 0 Å². The van der Waals surface area contributed by atoms with Gasteiger partial charge >= 0.3 is 0 Å². The third-order valence-corrected chi connectivity index (χ3v) is 2.97. The number of rotatable bonds is 3. The lowest BCUT2D eigenvalue weighted by molar-refractivity contribution is 0.0984. The highest BCUT2D eigenvalue weighted by molar-refractivity contribution is 7.98. The van der Waals surface area contributed by atoms with Gasteiger partial charge in [-0.2, -0.15) is 0 Å². The Morgan fingerprint density at radius 2 is 1.72 bits per heavy atom. The molecule has 1 amide bonds. The molecular weight excluding hydrogens is 256 g/mol. The van der Waals surface area contributed by atoms with E-state index in [-0.39, 0.29) is 5.91 Å². The van der Waals surface area contributed by atoms with E-state index in [1.54, 1.807) is 30.3 Å². The van der Waals surface area contributed by atoms with Crippen LogP contribution in [0.4, 0.5) is 8.78 Å². The zero-order valence-electron chi connectivity index (χ0n) is 9.19. The molecule has 0 atom stereocenters. The normalized spacial score (nSPS) is 10.1. The number of nitrogens with one attached hydrogen (secondary N) is 1. The molecule has 0 aliphatic carbocycles. The molecule has 1 N–H and O–H groups in total. The molecule has 2 aromatic carbocycles. The van der Waals surface area contributed by atoms with Gasteiger partial charge in [-0.25, -0.2) is 8.78 Å². The molecule has 2 nitrogen and oxygen atoms in total. The van der Waals surface area contributed by atoms with Crippen molar-refractivity contribution in [2.45, 2.75) is 4.90 Å². The van der Waals surface area contributed by atoms with E-state index in [0.717, 1.165) is 24.1 Å². The predicted octanol–water partition coefficient (Wildman–Crippen LogP) is 3.40. The van der Waals surface area contributed by atoms with E-state index >= 15 is 0 Å². The van der Waals surface area contributed by atoms with Gasteiger partial charge in [0.1, 0.15) is 0 Å². The summed E-state index contributed by atoms with van der Waals surface area (Å²) in [7, 11) is 0. The van der Waals surface area contributed by atoms with Crippen molar-refractivity contribution < 1.29 is 13.6 Å². The fourth-order valence-corrected chi connectivity index (χ4v) is 1.92. The van der Waals surface area contributed by atoms with Crippen LogP contribution in [0.15, 0.2) is 53.4 Å². The van der Waals surface area contributed by atoms with Crippen molar-refractivity contribution in [3.63, 3.8) is 0 Å². The molecule has 0 radical (unpaired) electrons. The van der Waals surface area contributed by atoms with Crippen molar-refractivity contribution in [2.24, 2.45) is 0 Å². The Morgan fingerprint density at radius 3 is 2.39 bits per heavy atom. The maximum atomic E-state index is 12.9. The molecule has 0 unspecified atom stereocenters. The lowest BCUT2D eigenvalue weighted by atomic mass is 10.2. The molecule has 0 aliphatic rings. The highest BCUT2D eigenvalue weighted by atomic mass is 32.2. The summed E-state index contributed by atoms with van der Waals surface area (Å²) in [5.41, 5.74) is 0.507. The van der Waals surface area contributed by atoms with E-state index in [4.69, 9.17) is 0 Å². The monoisotopic (exact) mass is 265 g/mol. The van der Waals surface area contributed by atoms with Gasteiger partial charge in [-0.05, 0) is 42.3 Å². The SMILES string of the molecule is O=C(NSc1ccc(F)c(F)c1)c1ccccc1. The van der Waals surface area contributed by atoms with Crippen LogP contribution in [0.3, 0.4) is 0 Å². The van der Waals surface area contributed by atoms with E-state index in [2.05, 4.69) is 4.72 Å². The second kappa shape index (κ2) is 5.64. The lowest BCUT2D eigenvalue weighted by Gasteiger charge is -2.04. The van der Waals surface area contributed by atoms with E-state index < -0.39 is 11.6 Å². The Morgan fingerprint density at radius 1 is 1.00 bits per heavy atom. The van der Waals surface area contributed by atoms with Gasteiger partial charge in [0.15, 0.2) is 11.6 Å². The van der Waals surface area contributed by atoms with E-state index in [0.29, 0.717) is 10.5 Å². The molecule has 0 fully saturated rings. The Kier molecular flexibility index (Phi) is 3.94. The number of carbonyl (C=O) groups is 1. The largest absolute Gasteiger partial charge is 0.292 e. The molecule has 2 aromatic rings. The second-order valence-corrected chi connectivity index (χ2v) is 4.35. The first kappa shape index (κ1) is 12.6. The number of hydrogen-bond donors (Lipinski definition) is 1. The summed E-state index contributed by atoms with van der Waals surface area (Å²) < 4.78 is 28.2. The van der Waals surface area contributed by atoms with Crippen molar-refractivity contribution >= 4 is 17.9 Å². The van der Waals surface area contributed by atoms with Gasteiger partial charge < -0.3 is 0 Å². The van der Waals surface area contributed by atoms with Crippen molar-refractivity contribution in [1.82, 2.24) is 4.72 Å².